The third-order valence-corrected chi connectivity index (χ3v) is 4.82. The zero-order valence-electron chi connectivity index (χ0n) is 16.7. The van der Waals surface area contributed by atoms with Crippen LogP contribution in [0, 0.1) is 0 Å². The number of nitrogens with one attached hydrogen (secondary N) is 3. The quantitative estimate of drug-likeness (QED) is 0.467. The van der Waals surface area contributed by atoms with Crippen molar-refractivity contribution in [2.24, 2.45) is 0 Å². The van der Waals surface area contributed by atoms with Gasteiger partial charge in [0.15, 0.2) is 18.1 Å². The number of ether oxygens (including phenoxy) is 2. The van der Waals surface area contributed by atoms with Gasteiger partial charge in [-0.15, -0.1) is 11.3 Å². The molecule has 8 nitrogen and oxygen atoms in total. The monoisotopic (exact) mass is 439 g/mol. The van der Waals surface area contributed by atoms with Crippen molar-refractivity contribution in [2.45, 2.75) is 6.92 Å². The van der Waals surface area contributed by atoms with Crippen LogP contribution in [-0.4, -0.2) is 30.9 Å². The molecule has 0 unspecified atom stereocenters. The largest absolute Gasteiger partial charge is 0.490 e. The first-order chi connectivity index (χ1) is 15.1. The van der Waals surface area contributed by atoms with Crippen LogP contribution < -0.4 is 25.6 Å². The van der Waals surface area contributed by atoms with Crippen LogP contribution >= 0.6 is 11.3 Å². The van der Waals surface area contributed by atoms with Gasteiger partial charge in [-0.2, -0.15) is 0 Å². The molecule has 0 fully saturated rings. The van der Waals surface area contributed by atoms with Crippen molar-refractivity contribution >= 4 is 34.7 Å². The van der Waals surface area contributed by atoms with Crippen molar-refractivity contribution in [1.82, 2.24) is 10.9 Å². The van der Waals surface area contributed by atoms with E-state index in [1.807, 2.05) is 6.92 Å². The molecule has 9 heteroatoms. The lowest BCUT2D eigenvalue weighted by molar-refractivity contribution is -0.123. The molecular weight excluding hydrogens is 418 g/mol. The van der Waals surface area contributed by atoms with Gasteiger partial charge in [0.05, 0.1) is 11.5 Å². The van der Waals surface area contributed by atoms with Gasteiger partial charge in [0.2, 0.25) is 0 Å². The summed E-state index contributed by atoms with van der Waals surface area (Å²) in [5.74, 6) is -0.370. The molecule has 0 atom stereocenters. The molecule has 160 valence electrons. The molecule has 0 aliphatic heterocycles. The molecule has 0 saturated carbocycles. The Morgan fingerprint density at radius 2 is 1.65 bits per heavy atom. The van der Waals surface area contributed by atoms with Gasteiger partial charge < -0.3 is 14.8 Å². The van der Waals surface area contributed by atoms with Crippen LogP contribution in [0.2, 0.25) is 0 Å². The van der Waals surface area contributed by atoms with Gasteiger partial charge in [-0.05, 0) is 48.7 Å². The molecule has 3 amide bonds. The molecule has 0 saturated heterocycles. The van der Waals surface area contributed by atoms with Crippen LogP contribution in [0.5, 0.6) is 11.5 Å². The first kappa shape index (κ1) is 21.8. The first-order valence-electron chi connectivity index (χ1n) is 9.45. The van der Waals surface area contributed by atoms with Gasteiger partial charge in [0, 0.05) is 11.3 Å². The molecule has 0 aliphatic rings. The number of anilines is 1. The number of amides is 3. The Kier molecular flexibility index (Phi) is 7.61. The zero-order valence-corrected chi connectivity index (χ0v) is 17.5. The van der Waals surface area contributed by atoms with E-state index in [4.69, 9.17) is 9.47 Å². The summed E-state index contributed by atoms with van der Waals surface area (Å²) < 4.78 is 10.9. The second-order valence-electron chi connectivity index (χ2n) is 6.18. The van der Waals surface area contributed by atoms with Crippen molar-refractivity contribution in [3.63, 3.8) is 0 Å². The highest BCUT2D eigenvalue weighted by atomic mass is 32.1. The molecular formula is C22H21N3O5S. The van der Waals surface area contributed by atoms with Gasteiger partial charge in [0.1, 0.15) is 0 Å². The predicted molar refractivity (Wildman–Crippen MR) is 117 cm³/mol. The Morgan fingerprint density at radius 3 is 2.35 bits per heavy atom. The van der Waals surface area contributed by atoms with Gasteiger partial charge in [-0.25, -0.2) is 0 Å². The van der Waals surface area contributed by atoms with E-state index >= 15 is 0 Å². The third kappa shape index (κ3) is 6.31. The lowest BCUT2D eigenvalue weighted by Crippen LogP contribution is -2.43. The van der Waals surface area contributed by atoms with Crippen LogP contribution in [0.3, 0.4) is 0 Å². The van der Waals surface area contributed by atoms with Crippen molar-refractivity contribution in [1.29, 1.82) is 0 Å². The van der Waals surface area contributed by atoms with Crippen LogP contribution in [0.4, 0.5) is 5.69 Å². The molecule has 0 aliphatic carbocycles. The minimum absolute atomic E-state index is 0.259. The number of hydrogen-bond acceptors (Lipinski definition) is 6. The van der Waals surface area contributed by atoms with Gasteiger partial charge in [0.25, 0.3) is 17.7 Å². The summed E-state index contributed by atoms with van der Waals surface area (Å²) in [6, 6.07) is 16.9. The maximum atomic E-state index is 12.3. The summed E-state index contributed by atoms with van der Waals surface area (Å²) in [5, 5.41) is 4.54. The van der Waals surface area contributed by atoms with E-state index in [0.717, 1.165) is 0 Å². The molecule has 3 N–H and O–H groups in total. The standard InChI is InChI=1S/C22H21N3O5S/c1-2-29-17-9-3-4-10-18(17)30-14-20(26)24-25-21(27)15-7-5-8-16(13-15)23-22(28)19-11-6-12-31-19/h3-13H,2,14H2,1H3,(H,23,28)(H,24,26)(H,25,27). The van der Waals surface area contributed by atoms with E-state index in [0.29, 0.717) is 28.7 Å². The summed E-state index contributed by atoms with van der Waals surface area (Å²) in [6.07, 6.45) is 0. The van der Waals surface area contributed by atoms with E-state index < -0.39 is 11.8 Å². The minimum Gasteiger partial charge on any atom is -0.490 e. The third-order valence-electron chi connectivity index (χ3n) is 3.95. The second-order valence-corrected chi connectivity index (χ2v) is 7.13. The molecule has 3 rings (SSSR count). The average molecular weight is 439 g/mol. The minimum atomic E-state index is -0.540. The predicted octanol–water partition coefficient (Wildman–Crippen LogP) is 3.24. The maximum absolute atomic E-state index is 12.3. The van der Waals surface area contributed by atoms with Gasteiger partial charge in [-0.3, -0.25) is 25.2 Å². The fourth-order valence-electron chi connectivity index (χ4n) is 2.56. The average Bonchev–Trinajstić information content (AvgIpc) is 3.32. The molecule has 0 bridgehead atoms. The van der Waals surface area contributed by atoms with Crippen LogP contribution in [0.15, 0.2) is 66.0 Å². The summed E-state index contributed by atoms with van der Waals surface area (Å²) in [5.41, 5.74) is 5.35. The molecule has 2 aromatic carbocycles. The van der Waals surface area contributed by atoms with Crippen molar-refractivity contribution in [3.05, 3.63) is 76.5 Å². The summed E-state index contributed by atoms with van der Waals surface area (Å²) in [4.78, 5) is 37.1. The maximum Gasteiger partial charge on any atom is 0.276 e. The fraction of sp³-hybridized carbons (Fsp3) is 0.136. The Hall–Kier alpha value is -3.85. The molecule has 0 spiro atoms. The van der Waals surface area contributed by atoms with E-state index in [1.165, 1.54) is 17.4 Å². The topological polar surface area (TPSA) is 106 Å². The normalized spacial score (nSPS) is 10.1. The Bertz CT molecular complexity index is 1050. The number of benzene rings is 2. The molecule has 3 aromatic rings. The zero-order chi connectivity index (χ0) is 22.1. The van der Waals surface area contributed by atoms with Crippen molar-refractivity contribution < 1.29 is 23.9 Å². The number of hydrazine groups is 1. The SMILES string of the molecule is CCOc1ccccc1OCC(=O)NNC(=O)c1cccc(NC(=O)c2cccs2)c1. The van der Waals surface area contributed by atoms with E-state index in [9.17, 15) is 14.4 Å². The Labute approximate surface area is 183 Å². The Balaban J connectivity index is 1.50. The smallest absolute Gasteiger partial charge is 0.276 e. The molecule has 31 heavy (non-hydrogen) atoms. The van der Waals surface area contributed by atoms with E-state index in [-0.39, 0.29) is 18.1 Å². The number of carbonyl (C=O) groups excluding carboxylic acids is 3. The van der Waals surface area contributed by atoms with Crippen molar-refractivity contribution in [2.75, 3.05) is 18.5 Å². The highest BCUT2D eigenvalue weighted by molar-refractivity contribution is 7.12. The van der Waals surface area contributed by atoms with Gasteiger partial charge in [-0.1, -0.05) is 24.3 Å². The molecule has 0 radical (unpaired) electrons. The molecule has 1 aromatic heterocycles. The summed E-state index contributed by atoms with van der Waals surface area (Å²) in [7, 11) is 0. The van der Waals surface area contributed by atoms with Crippen LogP contribution in [-0.2, 0) is 4.79 Å². The lowest BCUT2D eigenvalue weighted by Gasteiger charge is -2.12. The highest BCUT2D eigenvalue weighted by Crippen LogP contribution is 2.26. The number of rotatable bonds is 8. The van der Waals surface area contributed by atoms with Crippen molar-refractivity contribution in [3.8, 4) is 11.5 Å². The first-order valence-corrected chi connectivity index (χ1v) is 10.3. The number of carbonyl (C=O) groups is 3. The Morgan fingerprint density at radius 1 is 0.871 bits per heavy atom. The molecule has 1 heterocycles. The van der Waals surface area contributed by atoms with E-state index in [1.54, 1.807) is 60.0 Å². The van der Waals surface area contributed by atoms with E-state index in [2.05, 4.69) is 16.2 Å². The fourth-order valence-corrected chi connectivity index (χ4v) is 3.18. The number of thiophene rings is 1. The number of para-hydroxylation sites is 2. The second kappa shape index (κ2) is 10.8. The summed E-state index contributed by atoms with van der Waals surface area (Å²) in [6.45, 7) is 2.01. The lowest BCUT2D eigenvalue weighted by atomic mass is 10.2. The summed E-state index contributed by atoms with van der Waals surface area (Å²) >= 11 is 1.32. The van der Waals surface area contributed by atoms with Gasteiger partial charge >= 0.3 is 0 Å². The van der Waals surface area contributed by atoms with Crippen LogP contribution in [0.25, 0.3) is 0 Å². The number of hydrogen-bond donors (Lipinski definition) is 3. The highest BCUT2D eigenvalue weighted by Gasteiger charge is 2.12. The van der Waals surface area contributed by atoms with Crippen LogP contribution in [0.1, 0.15) is 27.0 Å².